The normalized spacial score (nSPS) is 13.1. The summed E-state index contributed by atoms with van der Waals surface area (Å²) in [5.41, 5.74) is 7.43. The fourth-order valence-corrected chi connectivity index (χ4v) is 3.40. The molecule has 0 amide bonds. The first-order chi connectivity index (χ1) is 9.42. The van der Waals surface area contributed by atoms with Crippen molar-refractivity contribution in [3.8, 4) is 0 Å². The summed E-state index contributed by atoms with van der Waals surface area (Å²) in [5.74, 6) is 0. The minimum Gasteiger partial charge on any atom is -0.398 e. The molecule has 0 fully saturated rings. The smallest absolute Gasteiger partial charge is 0.241 e. The molecule has 1 heterocycles. The van der Waals surface area contributed by atoms with Crippen molar-refractivity contribution < 1.29 is 8.42 Å². The van der Waals surface area contributed by atoms with Crippen molar-refractivity contribution in [2.75, 3.05) is 5.73 Å². The fourth-order valence-electron chi connectivity index (χ4n) is 1.91. The third kappa shape index (κ3) is 2.97. The van der Waals surface area contributed by atoms with E-state index in [9.17, 15) is 8.42 Å². The van der Waals surface area contributed by atoms with Crippen LogP contribution in [0.4, 0.5) is 5.69 Å². The molecule has 0 saturated heterocycles. The lowest BCUT2D eigenvalue weighted by molar-refractivity contribution is 0.563. The van der Waals surface area contributed by atoms with Gasteiger partial charge in [-0.15, -0.1) is 0 Å². The van der Waals surface area contributed by atoms with Crippen molar-refractivity contribution in [2.45, 2.75) is 24.8 Å². The van der Waals surface area contributed by atoms with Crippen LogP contribution in [0.5, 0.6) is 0 Å². The van der Waals surface area contributed by atoms with Crippen molar-refractivity contribution in [1.29, 1.82) is 0 Å². The molecular formula is C14H17N3O2S. The van der Waals surface area contributed by atoms with Crippen LogP contribution in [0.3, 0.4) is 0 Å². The Labute approximate surface area is 118 Å². The minimum atomic E-state index is -3.63. The average Bonchev–Trinajstić information content (AvgIpc) is 2.42. The Balaban J connectivity index is 2.30. The Morgan fingerprint density at radius 1 is 1.20 bits per heavy atom. The highest BCUT2D eigenvalue weighted by Gasteiger charge is 2.21. The number of pyridine rings is 1. The van der Waals surface area contributed by atoms with Gasteiger partial charge in [-0.1, -0.05) is 12.1 Å². The highest BCUT2D eigenvalue weighted by Crippen LogP contribution is 2.22. The molecule has 0 radical (unpaired) electrons. The van der Waals surface area contributed by atoms with E-state index in [0.717, 1.165) is 0 Å². The topological polar surface area (TPSA) is 85.1 Å². The van der Waals surface area contributed by atoms with E-state index in [1.54, 1.807) is 50.4 Å². The van der Waals surface area contributed by atoms with Crippen LogP contribution in [0.1, 0.15) is 24.2 Å². The number of nitrogens with two attached hydrogens (primary N) is 1. The Morgan fingerprint density at radius 2 is 1.95 bits per heavy atom. The number of nitrogen functional groups attached to an aromatic ring is 1. The van der Waals surface area contributed by atoms with Gasteiger partial charge in [-0.05, 0) is 43.7 Å². The molecule has 2 aromatic rings. The zero-order chi connectivity index (χ0) is 14.8. The molecule has 106 valence electrons. The van der Waals surface area contributed by atoms with Crippen molar-refractivity contribution in [1.82, 2.24) is 9.71 Å². The first-order valence-electron chi connectivity index (χ1n) is 6.20. The Hall–Kier alpha value is -1.92. The standard InChI is InChI=1S/C14H17N3O2S/c1-10-12(15)6-5-8-14(10)20(18,19)17-11(2)13-7-3-4-9-16-13/h3-9,11,17H,15H2,1-2H3. The zero-order valence-corrected chi connectivity index (χ0v) is 12.2. The van der Waals surface area contributed by atoms with Crippen LogP contribution in [-0.4, -0.2) is 13.4 Å². The van der Waals surface area contributed by atoms with E-state index >= 15 is 0 Å². The summed E-state index contributed by atoms with van der Waals surface area (Å²) in [4.78, 5) is 4.34. The monoisotopic (exact) mass is 291 g/mol. The number of aromatic nitrogens is 1. The summed E-state index contributed by atoms with van der Waals surface area (Å²) in [6, 6.07) is 9.81. The van der Waals surface area contributed by atoms with Gasteiger partial charge in [0.1, 0.15) is 0 Å². The largest absolute Gasteiger partial charge is 0.398 e. The van der Waals surface area contributed by atoms with Crippen LogP contribution in [-0.2, 0) is 10.0 Å². The van der Waals surface area contributed by atoms with Crippen LogP contribution >= 0.6 is 0 Å². The van der Waals surface area contributed by atoms with Gasteiger partial charge >= 0.3 is 0 Å². The van der Waals surface area contributed by atoms with Crippen LogP contribution < -0.4 is 10.5 Å². The van der Waals surface area contributed by atoms with E-state index in [1.807, 2.05) is 6.07 Å². The third-order valence-electron chi connectivity index (χ3n) is 3.08. The summed E-state index contributed by atoms with van der Waals surface area (Å²) in [5, 5.41) is 0. The molecule has 0 spiro atoms. The van der Waals surface area contributed by atoms with Crippen LogP contribution in [0.2, 0.25) is 0 Å². The highest BCUT2D eigenvalue weighted by molar-refractivity contribution is 7.89. The Kier molecular flexibility index (Phi) is 4.06. The number of hydrogen-bond donors (Lipinski definition) is 2. The number of nitrogens with zero attached hydrogens (tertiary/aromatic N) is 1. The minimum absolute atomic E-state index is 0.195. The lowest BCUT2D eigenvalue weighted by atomic mass is 10.2. The predicted octanol–water partition coefficient (Wildman–Crippen LogP) is 2.01. The number of hydrogen-bond acceptors (Lipinski definition) is 4. The lowest BCUT2D eigenvalue weighted by Gasteiger charge is -2.15. The quantitative estimate of drug-likeness (QED) is 0.844. The summed E-state index contributed by atoms with van der Waals surface area (Å²) < 4.78 is 27.4. The Morgan fingerprint density at radius 3 is 2.60 bits per heavy atom. The molecule has 2 rings (SSSR count). The SMILES string of the molecule is Cc1c(N)cccc1S(=O)(=O)NC(C)c1ccccn1. The maximum absolute atomic E-state index is 12.4. The van der Waals surface area contributed by atoms with Gasteiger partial charge in [0.2, 0.25) is 10.0 Å². The lowest BCUT2D eigenvalue weighted by Crippen LogP contribution is -2.28. The molecule has 0 aliphatic carbocycles. The number of rotatable bonds is 4. The van der Waals surface area contributed by atoms with E-state index in [4.69, 9.17) is 5.73 Å². The second-order valence-corrected chi connectivity index (χ2v) is 6.25. The summed E-state index contributed by atoms with van der Waals surface area (Å²) in [6.07, 6.45) is 1.63. The number of anilines is 1. The summed E-state index contributed by atoms with van der Waals surface area (Å²) in [6.45, 7) is 3.44. The second kappa shape index (κ2) is 5.60. The van der Waals surface area contributed by atoms with Gasteiger partial charge in [-0.2, -0.15) is 0 Å². The molecular weight excluding hydrogens is 274 g/mol. The molecule has 3 N–H and O–H groups in total. The molecule has 0 aliphatic rings. The number of benzene rings is 1. The van der Waals surface area contributed by atoms with Gasteiger partial charge in [0.15, 0.2) is 0 Å². The van der Waals surface area contributed by atoms with Gasteiger partial charge in [0, 0.05) is 11.9 Å². The van der Waals surface area contributed by atoms with Crippen molar-refractivity contribution in [2.24, 2.45) is 0 Å². The molecule has 0 aliphatic heterocycles. The van der Waals surface area contributed by atoms with Crippen LogP contribution in [0.25, 0.3) is 0 Å². The summed E-state index contributed by atoms with van der Waals surface area (Å²) >= 11 is 0. The van der Waals surface area contributed by atoms with Gasteiger partial charge < -0.3 is 5.73 Å². The molecule has 5 nitrogen and oxygen atoms in total. The Bertz CT molecular complexity index is 700. The second-order valence-electron chi connectivity index (χ2n) is 4.57. The van der Waals surface area contributed by atoms with Gasteiger partial charge in [-0.25, -0.2) is 13.1 Å². The molecule has 1 aromatic carbocycles. The van der Waals surface area contributed by atoms with E-state index < -0.39 is 16.1 Å². The van der Waals surface area contributed by atoms with Crippen LogP contribution in [0, 0.1) is 6.92 Å². The maximum Gasteiger partial charge on any atom is 0.241 e. The van der Waals surface area contributed by atoms with Gasteiger partial charge in [0.25, 0.3) is 0 Å². The molecule has 1 unspecified atom stereocenters. The van der Waals surface area contributed by atoms with E-state index in [0.29, 0.717) is 16.9 Å². The van der Waals surface area contributed by atoms with Crippen molar-refractivity contribution >= 4 is 15.7 Å². The van der Waals surface area contributed by atoms with Crippen molar-refractivity contribution in [3.63, 3.8) is 0 Å². The first kappa shape index (κ1) is 14.5. The van der Waals surface area contributed by atoms with E-state index in [-0.39, 0.29) is 4.90 Å². The molecule has 0 saturated carbocycles. The molecule has 20 heavy (non-hydrogen) atoms. The zero-order valence-electron chi connectivity index (χ0n) is 11.4. The molecule has 0 bridgehead atoms. The number of nitrogens with one attached hydrogen (secondary N) is 1. The first-order valence-corrected chi connectivity index (χ1v) is 7.68. The van der Waals surface area contributed by atoms with Crippen LogP contribution in [0.15, 0.2) is 47.5 Å². The third-order valence-corrected chi connectivity index (χ3v) is 4.76. The maximum atomic E-state index is 12.4. The number of sulfonamides is 1. The molecule has 1 aromatic heterocycles. The van der Waals surface area contributed by atoms with Gasteiger partial charge in [0.05, 0.1) is 16.6 Å². The van der Waals surface area contributed by atoms with Crippen molar-refractivity contribution in [3.05, 3.63) is 53.9 Å². The highest BCUT2D eigenvalue weighted by atomic mass is 32.2. The van der Waals surface area contributed by atoms with Gasteiger partial charge in [-0.3, -0.25) is 4.98 Å². The molecule has 6 heteroatoms. The molecule has 1 atom stereocenters. The fraction of sp³-hybridized carbons (Fsp3) is 0.214. The summed E-state index contributed by atoms with van der Waals surface area (Å²) in [7, 11) is -3.63. The predicted molar refractivity (Wildman–Crippen MR) is 78.6 cm³/mol. The van der Waals surface area contributed by atoms with E-state index in [1.165, 1.54) is 0 Å². The van der Waals surface area contributed by atoms with E-state index in [2.05, 4.69) is 9.71 Å². The average molecular weight is 291 g/mol.